The Kier molecular flexibility index (Phi) is 9.87. The number of allylic oxidation sites excluding steroid dienone is 1. The first-order chi connectivity index (χ1) is 19.3. The van der Waals surface area contributed by atoms with Crippen LogP contribution in [0.2, 0.25) is 18.1 Å². The van der Waals surface area contributed by atoms with E-state index in [0.29, 0.717) is 30.0 Å². The number of hydrogen-bond donors (Lipinski definition) is 1. The summed E-state index contributed by atoms with van der Waals surface area (Å²) in [7, 11) is -1.76. The quantitative estimate of drug-likeness (QED) is 0.154. The average Bonchev–Trinajstić information content (AvgIpc) is 3.21. The van der Waals surface area contributed by atoms with Crippen molar-refractivity contribution in [1.29, 1.82) is 0 Å². The van der Waals surface area contributed by atoms with Crippen molar-refractivity contribution in [2.45, 2.75) is 169 Å². The summed E-state index contributed by atoms with van der Waals surface area (Å²) >= 11 is 0. The van der Waals surface area contributed by atoms with Crippen LogP contribution in [0.1, 0.15) is 127 Å². The van der Waals surface area contributed by atoms with Crippen LogP contribution in [-0.2, 0) is 13.9 Å². The maximum absolute atomic E-state index is 11.9. The van der Waals surface area contributed by atoms with E-state index < -0.39 is 13.9 Å². The van der Waals surface area contributed by atoms with Gasteiger partial charge in [0.2, 0.25) is 0 Å². The fourth-order valence-electron chi connectivity index (χ4n) is 9.75. The SMILES string of the molecule is CCOC(C)OC(C)(C)C/C=C/[C@](C)(O)[C@H]1CC[C@H]2[C@@H]3CC=C4C[C@@H](O[Si](C)(C)C(C)(C)C)CC[C@]4(C)[C@H]3CC[C@@]21C. The fourth-order valence-corrected chi connectivity index (χ4v) is 11.1. The highest BCUT2D eigenvalue weighted by atomic mass is 28.4. The van der Waals surface area contributed by atoms with Crippen molar-refractivity contribution < 1.29 is 19.0 Å². The lowest BCUT2D eigenvalue weighted by molar-refractivity contribution is -0.187. The van der Waals surface area contributed by atoms with Crippen LogP contribution in [0.3, 0.4) is 0 Å². The molecule has 5 heteroatoms. The number of ether oxygens (including phenoxy) is 2. The molecule has 1 N–H and O–H groups in total. The summed E-state index contributed by atoms with van der Waals surface area (Å²) in [5.41, 5.74) is 1.07. The minimum atomic E-state index is -1.76. The molecule has 0 amide bonds. The summed E-state index contributed by atoms with van der Waals surface area (Å²) < 4.78 is 18.7. The highest BCUT2D eigenvalue weighted by molar-refractivity contribution is 6.74. The van der Waals surface area contributed by atoms with Gasteiger partial charge < -0.3 is 19.0 Å². The number of hydrogen-bond acceptors (Lipinski definition) is 4. The highest BCUT2D eigenvalue weighted by Gasteiger charge is 2.61. The van der Waals surface area contributed by atoms with Crippen molar-refractivity contribution in [3.8, 4) is 0 Å². The molecule has 0 saturated heterocycles. The van der Waals surface area contributed by atoms with Gasteiger partial charge in [0.1, 0.15) is 0 Å². The van der Waals surface area contributed by atoms with Gasteiger partial charge in [0, 0.05) is 12.7 Å². The van der Waals surface area contributed by atoms with Crippen LogP contribution in [0, 0.1) is 34.5 Å². The smallest absolute Gasteiger partial charge is 0.192 e. The molecule has 9 atom stereocenters. The molecule has 3 saturated carbocycles. The Morgan fingerprint density at radius 1 is 1.02 bits per heavy atom. The van der Waals surface area contributed by atoms with E-state index in [-0.39, 0.29) is 22.3 Å². The van der Waals surface area contributed by atoms with Gasteiger partial charge in [-0.15, -0.1) is 0 Å². The fraction of sp³-hybridized carbons (Fsp3) is 0.892. The first-order valence-electron chi connectivity index (χ1n) is 17.3. The van der Waals surface area contributed by atoms with Gasteiger partial charge in [-0.1, -0.05) is 58.4 Å². The van der Waals surface area contributed by atoms with Gasteiger partial charge in [-0.2, -0.15) is 0 Å². The van der Waals surface area contributed by atoms with Crippen molar-refractivity contribution in [1.82, 2.24) is 0 Å². The van der Waals surface area contributed by atoms with E-state index in [1.807, 2.05) is 13.8 Å². The van der Waals surface area contributed by atoms with E-state index in [1.54, 1.807) is 5.57 Å². The molecular formula is C37H66O4Si. The largest absolute Gasteiger partial charge is 0.414 e. The van der Waals surface area contributed by atoms with Gasteiger partial charge in [-0.05, 0) is 145 Å². The predicted octanol–water partition coefficient (Wildman–Crippen LogP) is 9.83. The van der Waals surface area contributed by atoms with E-state index in [9.17, 15) is 5.11 Å². The summed E-state index contributed by atoms with van der Waals surface area (Å²) in [6.07, 6.45) is 17.6. The third-order valence-electron chi connectivity index (χ3n) is 13.0. The second-order valence-corrected chi connectivity index (χ2v) is 22.2. The summed E-state index contributed by atoms with van der Waals surface area (Å²) in [6, 6.07) is 0. The Hall–Kier alpha value is -0.463. The molecule has 0 spiro atoms. The zero-order valence-corrected chi connectivity index (χ0v) is 30.4. The molecule has 0 aliphatic heterocycles. The van der Waals surface area contributed by atoms with Gasteiger partial charge in [0.15, 0.2) is 14.6 Å². The summed E-state index contributed by atoms with van der Waals surface area (Å²) in [5, 5.41) is 12.2. The molecule has 0 aromatic heterocycles. The maximum Gasteiger partial charge on any atom is 0.192 e. The molecule has 242 valence electrons. The standard InChI is InChI=1S/C37H66O4Si/c1-13-39-26(2)40-34(6,7)21-14-22-37(10,38)32-18-17-30-29-16-15-27-25-28(41-42(11,12)33(3,4)5)19-23-35(27,8)31(29)20-24-36(30,32)9/h14-15,22,26,28-32,38H,13,16-21,23-25H2,1-12H3/b22-14+/t26?,28-,29-,30-,31-,32-,35-,36-,37-/m0/s1. The number of fused-ring (bicyclic) bond motifs is 5. The van der Waals surface area contributed by atoms with Crippen molar-refractivity contribution in [2.75, 3.05) is 6.61 Å². The van der Waals surface area contributed by atoms with Crippen molar-refractivity contribution >= 4 is 8.32 Å². The van der Waals surface area contributed by atoms with Crippen LogP contribution in [0.25, 0.3) is 0 Å². The molecule has 42 heavy (non-hydrogen) atoms. The van der Waals surface area contributed by atoms with Crippen molar-refractivity contribution in [3.63, 3.8) is 0 Å². The van der Waals surface area contributed by atoms with Crippen LogP contribution in [0.15, 0.2) is 23.8 Å². The Morgan fingerprint density at radius 2 is 1.71 bits per heavy atom. The average molecular weight is 603 g/mol. The number of rotatable bonds is 10. The molecule has 1 unspecified atom stereocenters. The molecule has 4 aliphatic rings. The van der Waals surface area contributed by atoms with Gasteiger partial charge in [-0.3, -0.25) is 0 Å². The maximum atomic E-state index is 11.9. The Bertz CT molecular complexity index is 1010. The van der Waals surface area contributed by atoms with E-state index in [2.05, 4.69) is 86.7 Å². The van der Waals surface area contributed by atoms with E-state index in [0.717, 1.165) is 31.1 Å². The minimum absolute atomic E-state index is 0.189. The van der Waals surface area contributed by atoms with Crippen molar-refractivity contribution in [3.05, 3.63) is 23.8 Å². The van der Waals surface area contributed by atoms with Crippen LogP contribution >= 0.6 is 0 Å². The first kappa shape index (κ1) is 34.4. The molecule has 0 heterocycles. The van der Waals surface area contributed by atoms with Crippen molar-refractivity contribution in [2.24, 2.45) is 34.5 Å². The lowest BCUT2D eigenvalue weighted by atomic mass is 9.47. The molecule has 4 rings (SSSR count). The molecule has 0 aromatic carbocycles. The molecule has 4 aliphatic carbocycles. The van der Waals surface area contributed by atoms with Crippen LogP contribution in [-0.4, -0.2) is 43.6 Å². The van der Waals surface area contributed by atoms with Crippen LogP contribution in [0.4, 0.5) is 0 Å². The van der Waals surface area contributed by atoms with Crippen LogP contribution < -0.4 is 0 Å². The Balaban J connectivity index is 1.44. The van der Waals surface area contributed by atoms with E-state index in [1.165, 1.54) is 38.5 Å². The zero-order valence-electron chi connectivity index (χ0n) is 29.4. The molecule has 3 fully saturated rings. The highest BCUT2D eigenvalue weighted by Crippen LogP contribution is 2.67. The lowest BCUT2D eigenvalue weighted by Crippen LogP contribution is -2.53. The third kappa shape index (κ3) is 6.71. The van der Waals surface area contributed by atoms with Gasteiger partial charge >= 0.3 is 0 Å². The second-order valence-electron chi connectivity index (χ2n) is 17.4. The third-order valence-corrected chi connectivity index (χ3v) is 17.5. The zero-order chi connectivity index (χ0) is 31.4. The van der Waals surface area contributed by atoms with Gasteiger partial charge in [0.25, 0.3) is 0 Å². The Labute approximate surface area is 260 Å². The summed E-state index contributed by atoms with van der Waals surface area (Å²) in [5.74, 6) is 2.51. The molecular weight excluding hydrogens is 536 g/mol. The van der Waals surface area contributed by atoms with Crippen LogP contribution in [0.5, 0.6) is 0 Å². The Morgan fingerprint density at radius 3 is 2.36 bits per heavy atom. The topological polar surface area (TPSA) is 47.9 Å². The van der Waals surface area contributed by atoms with E-state index >= 15 is 0 Å². The van der Waals surface area contributed by atoms with Gasteiger partial charge in [0.05, 0.1) is 11.2 Å². The molecule has 0 bridgehead atoms. The normalized spacial score (nSPS) is 37.9. The predicted molar refractivity (Wildman–Crippen MR) is 178 cm³/mol. The summed E-state index contributed by atoms with van der Waals surface area (Å²) in [6.45, 7) is 27.9. The molecule has 0 aromatic rings. The second kappa shape index (κ2) is 12.0. The lowest BCUT2D eigenvalue weighted by Gasteiger charge is -2.59. The molecule has 0 radical (unpaired) electrons. The number of aliphatic hydroxyl groups is 1. The van der Waals surface area contributed by atoms with Gasteiger partial charge in [-0.25, -0.2) is 0 Å². The van der Waals surface area contributed by atoms with E-state index in [4.69, 9.17) is 13.9 Å². The first-order valence-corrected chi connectivity index (χ1v) is 20.2. The minimum Gasteiger partial charge on any atom is -0.414 e. The monoisotopic (exact) mass is 602 g/mol. The summed E-state index contributed by atoms with van der Waals surface area (Å²) in [4.78, 5) is 0. The molecule has 4 nitrogen and oxygen atoms in total.